The van der Waals surface area contributed by atoms with E-state index in [1.165, 1.54) is 19.3 Å². The molecule has 0 aliphatic heterocycles. The smallest absolute Gasteiger partial charge is 0.219 e. The molecule has 2 heteroatoms. The number of rotatable bonds is 6. The van der Waals surface area contributed by atoms with Crippen molar-refractivity contribution in [2.24, 2.45) is 0 Å². The number of nitrogens with zero attached hydrogens (tertiary/aromatic N) is 1. The Morgan fingerprint density at radius 1 is 0.944 bits per heavy atom. The average Bonchev–Trinajstić information content (AvgIpc) is 2.41. The number of hydrogen-bond donors (Lipinski definition) is 0. The number of aryl methyl sites for hydroxylation is 1. The van der Waals surface area contributed by atoms with Crippen molar-refractivity contribution in [3.8, 4) is 11.6 Å². The highest BCUT2D eigenvalue weighted by Crippen LogP contribution is 2.19. The van der Waals surface area contributed by atoms with Gasteiger partial charge in [-0.2, -0.15) is 0 Å². The number of ether oxygens (including phenoxy) is 1. The summed E-state index contributed by atoms with van der Waals surface area (Å²) in [6, 6.07) is 15.7. The third-order valence-electron chi connectivity index (χ3n) is 2.78. The maximum Gasteiger partial charge on any atom is 0.219 e. The van der Waals surface area contributed by atoms with Gasteiger partial charge in [-0.15, -0.1) is 0 Å². The zero-order chi connectivity index (χ0) is 12.6. The van der Waals surface area contributed by atoms with Crippen molar-refractivity contribution in [1.82, 2.24) is 4.98 Å². The summed E-state index contributed by atoms with van der Waals surface area (Å²) in [6.45, 7) is 2.21. The molecule has 0 aliphatic carbocycles. The maximum atomic E-state index is 5.71. The number of unbranched alkanes of at least 4 members (excludes halogenated alkanes) is 2. The minimum absolute atomic E-state index is 0.676. The summed E-state index contributed by atoms with van der Waals surface area (Å²) in [6.07, 6.45) is 4.71. The van der Waals surface area contributed by atoms with Gasteiger partial charge in [0.1, 0.15) is 5.75 Å². The van der Waals surface area contributed by atoms with Gasteiger partial charge in [0.25, 0.3) is 0 Å². The first-order chi connectivity index (χ1) is 8.88. The minimum atomic E-state index is 0.676. The molecule has 0 spiro atoms. The molecule has 0 saturated heterocycles. The fourth-order valence-corrected chi connectivity index (χ4v) is 1.82. The van der Waals surface area contributed by atoms with E-state index in [4.69, 9.17) is 4.74 Å². The van der Waals surface area contributed by atoms with Crippen LogP contribution in [0.25, 0.3) is 0 Å². The average molecular weight is 241 g/mol. The monoisotopic (exact) mass is 241 g/mol. The van der Waals surface area contributed by atoms with Crippen LogP contribution in [0.15, 0.2) is 48.5 Å². The first-order valence-corrected chi connectivity index (χ1v) is 6.57. The van der Waals surface area contributed by atoms with Gasteiger partial charge in [-0.1, -0.05) is 44.0 Å². The highest BCUT2D eigenvalue weighted by molar-refractivity contribution is 5.27. The van der Waals surface area contributed by atoms with Crippen LogP contribution in [0.1, 0.15) is 31.9 Å². The largest absolute Gasteiger partial charge is 0.439 e. The van der Waals surface area contributed by atoms with E-state index in [2.05, 4.69) is 18.0 Å². The van der Waals surface area contributed by atoms with Crippen molar-refractivity contribution < 1.29 is 4.74 Å². The molecule has 0 amide bonds. The fourth-order valence-electron chi connectivity index (χ4n) is 1.82. The summed E-state index contributed by atoms with van der Waals surface area (Å²) < 4.78 is 5.71. The van der Waals surface area contributed by atoms with Crippen LogP contribution in [-0.2, 0) is 6.42 Å². The zero-order valence-electron chi connectivity index (χ0n) is 10.8. The van der Waals surface area contributed by atoms with Crippen molar-refractivity contribution in [1.29, 1.82) is 0 Å². The van der Waals surface area contributed by atoms with Crippen LogP contribution < -0.4 is 4.74 Å². The van der Waals surface area contributed by atoms with Gasteiger partial charge >= 0.3 is 0 Å². The van der Waals surface area contributed by atoms with Crippen molar-refractivity contribution in [2.45, 2.75) is 32.6 Å². The van der Waals surface area contributed by atoms with Crippen LogP contribution in [-0.4, -0.2) is 4.98 Å². The van der Waals surface area contributed by atoms with Gasteiger partial charge in [0.15, 0.2) is 0 Å². The summed E-state index contributed by atoms with van der Waals surface area (Å²) in [4.78, 5) is 4.52. The van der Waals surface area contributed by atoms with Crippen LogP contribution in [0.5, 0.6) is 11.6 Å². The molecule has 2 nitrogen and oxygen atoms in total. The Morgan fingerprint density at radius 2 is 1.78 bits per heavy atom. The first-order valence-electron chi connectivity index (χ1n) is 6.57. The predicted octanol–water partition coefficient (Wildman–Crippen LogP) is 4.61. The molecule has 1 aromatic heterocycles. The molecule has 2 aromatic rings. The maximum absolute atomic E-state index is 5.71. The third-order valence-corrected chi connectivity index (χ3v) is 2.78. The van der Waals surface area contributed by atoms with Gasteiger partial charge in [0.05, 0.1) is 0 Å². The molecule has 0 atom stereocenters. The fraction of sp³-hybridized carbons (Fsp3) is 0.312. The lowest BCUT2D eigenvalue weighted by molar-refractivity contribution is 0.460. The molecular formula is C16H19NO. The second kappa shape index (κ2) is 6.80. The molecule has 18 heavy (non-hydrogen) atoms. The Morgan fingerprint density at radius 3 is 2.56 bits per heavy atom. The lowest BCUT2D eigenvalue weighted by Crippen LogP contribution is -1.93. The standard InChI is InChI=1S/C16H19NO/c1-2-3-5-9-14-10-8-13-16(17-14)18-15-11-6-4-7-12-15/h4,6-8,10-13H,2-3,5,9H2,1H3. The quantitative estimate of drug-likeness (QED) is 0.689. The molecule has 0 saturated carbocycles. The third kappa shape index (κ3) is 3.88. The lowest BCUT2D eigenvalue weighted by atomic mass is 10.1. The highest BCUT2D eigenvalue weighted by Gasteiger charge is 2.00. The Hall–Kier alpha value is -1.83. The molecule has 0 N–H and O–H groups in total. The van der Waals surface area contributed by atoms with E-state index in [9.17, 15) is 0 Å². The van der Waals surface area contributed by atoms with E-state index in [1.807, 2.05) is 42.5 Å². The van der Waals surface area contributed by atoms with Gasteiger partial charge in [-0.3, -0.25) is 0 Å². The Balaban J connectivity index is 1.99. The van der Waals surface area contributed by atoms with E-state index >= 15 is 0 Å². The first kappa shape index (κ1) is 12.6. The molecule has 0 bridgehead atoms. The van der Waals surface area contributed by atoms with Gasteiger partial charge < -0.3 is 4.74 Å². The minimum Gasteiger partial charge on any atom is -0.439 e. The summed E-state index contributed by atoms with van der Waals surface area (Å²) in [5.41, 5.74) is 1.11. The van der Waals surface area contributed by atoms with E-state index < -0.39 is 0 Å². The van der Waals surface area contributed by atoms with Crippen molar-refractivity contribution in [3.05, 3.63) is 54.2 Å². The molecule has 1 heterocycles. The molecule has 0 unspecified atom stereocenters. The second-order valence-corrected chi connectivity index (χ2v) is 4.34. The van der Waals surface area contributed by atoms with Gasteiger partial charge in [-0.05, 0) is 31.0 Å². The van der Waals surface area contributed by atoms with E-state index in [-0.39, 0.29) is 0 Å². The van der Waals surface area contributed by atoms with Crippen LogP contribution in [0.3, 0.4) is 0 Å². The van der Waals surface area contributed by atoms with Gasteiger partial charge in [-0.25, -0.2) is 4.98 Å². The van der Waals surface area contributed by atoms with Crippen molar-refractivity contribution in [3.63, 3.8) is 0 Å². The molecule has 2 rings (SSSR count). The summed E-state index contributed by atoms with van der Waals surface area (Å²) in [5.74, 6) is 1.51. The van der Waals surface area contributed by atoms with E-state index in [0.717, 1.165) is 17.9 Å². The molecular weight excluding hydrogens is 222 g/mol. The van der Waals surface area contributed by atoms with Crippen LogP contribution in [0.2, 0.25) is 0 Å². The lowest BCUT2D eigenvalue weighted by Gasteiger charge is -2.06. The summed E-state index contributed by atoms with van der Waals surface area (Å²) in [5, 5.41) is 0. The second-order valence-electron chi connectivity index (χ2n) is 4.34. The van der Waals surface area contributed by atoms with Gasteiger partial charge in [0, 0.05) is 11.8 Å². The zero-order valence-corrected chi connectivity index (χ0v) is 10.8. The molecule has 1 aromatic carbocycles. The van der Waals surface area contributed by atoms with E-state index in [0.29, 0.717) is 5.88 Å². The van der Waals surface area contributed by atoms with Crippen LogP contribution >= 0.6 is 0 Å². The Labute approximate surface area is 109 Å². The van der Waals surface area contributed by atoms with Crippen molar-refractivity contribution >= 4 is 0 Å². The predicted molar refractivity (Wildman–Crippen MR) is 74.0 cm³/mol. The molecule has 0 radical (unpaired) electrons. The SMILES string of the molecule is CCCCCc1cccc(Oc2ccccc2)n1. The number of pyridine rings is 1. The number of benzene rings is 1. The summed E-state index contributed by atoms with van der Waals surface area (Å²) >= 11 is 0. The van der Waals surface area contributed by atoms with Crippen LogP contribution in [0.4, 0.5) is 0 Å². The molecule has 0 aliphatic rings. The Bertz CT molecular complexity index is 468. The van der Waals surface area contributed by atoms with Crippen LogP contribution in [0, 0.1) is 0 Å². The molecule has 0 fully saturated rings. The number of para-hydroxylation sites is 1. The molecule has 94 valence electrons. The Kier molecular flexibility index (Phi) is 4.77. The van der Waals surface area contributed by atoms with Gasteiger partial charge in [0.2, 0.25) is 5.88 Å². The van der Waals surface area contributed by atoms with E-state index in [1.54, 1.807) is 0 Å². The van der Waals surface area contributed by atoms with Crippen molar-refractivity contribution in [2.75, 3.05) is 0 Å². The topological polar surface area (TPSA) is 22.1 Å². The number of aromatic nitrogens is 1. The summed E-state index contributed by atoms with van der Waals surface area (Å²) in [7, 11) is 0. The normalized spacial score (nSPS) is 10.3. The number of hydrogen-bond acceptors (Lipinski definition) is 2. The highest BCUT2D eigenvalue weighted by atomic mass is 16.5.